The van der Waals surface area contributed by atoms with Crippen molar-refractivity contribution >= 4 is 11.5 Å². The monoisotopic (exact) mass is 253 g/mol. The van der Waals surface area contributed by atoms with E-state index in [-0.39, 0.29) is 11.5 Å². The molecular formula is C12H19N3O3. The van der Waals surface area contributed by atoms with Gasteiger partial charge in [0.15, 0.2) is 0 Å². The van der Waals surface area contributed by atoms with Crippen molar-refractivity contribution in [1.82, 2.24) is 0 Å². The summed E-state index contributed by atoms with van der Waals surface area (Å²) in [5.41, 5.74) is 0.260. The lowest BCUT2D eigenvalue weighted by atomic mass is 10.2. The molecule has 0 unspecified atom stereocenters. The second kappa shape index (κ2) is 6.78. The van der Waals surface area contributed by atoms with Gasteiger partial charge in [-0.05, 0) is 19.8 Å². The molecule has 18 heavy (non-hydrogen) atoms. The Kier molecular flexibility index (Phi) is 5.35. The van der Waals surface area contributed by atoms with Crippen LogP contribution in [0, 0.1) is 22.2 Å². The predicted molar refractivity (Wildman–Crippen MR) is 69.4 cm³/mol. The molecule has 0 spiro atoms. The minimum Gasteiger partial charge on any atom is -0.710 e. The van der Waals surface area contributed by atoms with Crippen molar-refractivity contribution in [1.29, 1.82) is 0 Å². The summed E-state index contributed by atoms with van der Waals surface area (Å²) in [6, 6.07) is 2.55. The largest absolute Gasteiger partial charge is 0.710 e. The molecule has 0 aromatic carbocycles. The molecule has 100 valence electrons. The predicted octanol–water partition coefficient (Wildman–Crippen LogP) is 2.53. The van der Waals surface area contributed by atoms with Crippen LogP contribution in [0.15, 0.2) is 12.1 Å². The third-order valence-electron chi connectivity index (χ3n) is 2.73. The third-order valence-corrected chi connectivity index (χ3v) is 2.73. The van der Waals surface area contributed by atoms with Crippen molar-refractivity contribution in [3.63, 3.8) is 0 Å². The zero-order chi connectivity index (χ0) is 13.5. The minimum atomic E-state index is -0.491. The number of hydrogen-bond donors (Lipinski definition) is 1. The van der Waals surface area contributed by atoms with Gasteiger partial charge in [0.2, 0.25) is 0 Å². The Morgan fingerprint density at radius 2 is 2.06 bits per heavy atom. The molecule has 0 fully saturated rings. The Morgan fingerprint density at radius 3 is 2.67 bits per heavy atom. The van der Waals surface area contributed by atoms with E-state index in [1.807, 2.05) is 0 Å². The first-order valence-corrected chi connectivity index (χ1v) is 6.18. The number of nitrogens with one attached hydrogen (secondary N) is 1. The van der Waals surface area contributed by atoms with Gasteiger partial charge in [0, 0.05) is 0 Å². The molecule has 0 aliphatic heterocycles. The summed E-state index contributed by atoms with van der Waals surface area (Å²) in [4.78, 5) is 10.2. The van der Waals surface area contributed by atoms with Gasteiger partial charge in [-0.3, -0.25) is 15.4 Å². The van der Waals surface area contributed by atoms with Crippen LogP contribution in [-0.4, -0.2) is 11.5 Å². The lowest BCUT2D eigenvalue weighted by Gasteiger charge is -2.11. The standard InChI is InChI=1S/C12H19N3O3/c1-3-4-5-6-7-13-12-9-11(15(17)18)8-10(2)14(12)16/h8-9,13H,3-7H2,1-2H3. The fourth-order valence-electron chi connectivity index (χ4n) is 1.70. The van der Waals surface area contributed by atoms with E-state index in [0.29, 0.717) is 17.0 Å². The SMILES string of the molecule is CCCCCCNc1cc([N+](=O)[O-])cc(C)[n+]1[O-]. The summed E-state index contributed by atoms with van der Waals surface area (Å²) in [5.74, 6) is 0.248. The highest BCUT2D eigenvalue weighted by Crippen LogP contribution is 2.15. The molecule has 1 aromatic rings. The van der Waals surface area contributed by atoms with E-state index in [1.54, 1.807) is 6.92 Å². The van der Waals surface area contributed by atoms with Crippen LogP contribution >= 0.6 is 0 Å². The van der Waals surface area contributed by atoms with Crippen molar-refractivity contribution in [2.75, 3.05) is 11.9 Å². The number of unbranched alkanes of at least 4 members (excludes halogenated alkanes) is 3. The molecule has 0 radical (unpaired) electrons. The third kappa shape index (κ3) is 3.87. The van der Waals surface area contributed by atoms with Crippen LogP contribution in [0.2, 0.25) is 0 Å². The quantitative estimate of drug-likeness (QED) is 0.266. The number of nitrogens with zero attached hydrogens (tertiary/aromatic N) is 2. The topological polar surface area (TPSA) is 82.1 Å². The van der Waals surface area contributed by atoms with Crippen molar-refractivity contribution in [2.24, 2.45) is 0 Å². The minimum absolute atomic E-state index is 0.0596. The maximum atomic E-state index is 11.7. The van der Waals surface area contributed by atoms with Crippen molar-refractivity contribution in [3.05, 3.63) is 33.1 Å². The molecule has 1 rings (SSSR count). The highest BCUT2D eigenvalue weighted by Gasteiger charge is 2.15. The summed E-state index contributed by atoms with van der Waals surface area (Å²) in [6.45, 7) is 4.34. The number of aromatic nitrogens is 1. The first kappa shape index (κ1) is 14.2. The first-order chi connectivity index (χ1) is 8.56. The molecule has 1 N–H and O–H groups in total. The Bertz CT molecular complexity index is 421. The number of rotatable bonds is 7. The summed E-state index contributed by atoms with van der Waals surface area (Å²) in [7, 11) is 0. The normalized spacial score (nSPS) is 10.3. The molecule has 0 aliphatic carbocycles. The van der Waals surface area contributed by atoms with Crippen LogP contribution < -0.4 is 10.0 Å². The number of anilines is 1. The fourth-order valence-corrected chi connectivity index (χ4v) is 1.70. The van der Waals surface area contributed by atoms with E-state index in [0.717, 1.165) is 25.7 Å². The molecule has 0 saturated carbocycles. The molecule has 0 saturated heterocycles. The zero-order valence-corrected chi connectivity index (χ0v) is 10.8. The molecule has 6 heteroatoms. The van der Waals surface area contributed by atoms with Crippen LogP contribution in [0.1, 0.15) is 38.3 Å². The summed E-state index contributed by atoms with van der Waals surface area (Å²) in [6.07, 6.45) is 4.36. The van der Waals surface area contributed by atoms with Gasteiger partial charge in [-0.2, -0.15) is 0 Å². The summed E-state index contributed by atoms with van der Waals surface area (Å²) in [5, 5.41) is 25.3. The molecule has 1 heterocycles. The fraction of sp³-hybridized carbons (Fsp3) is 0.583. The van der Waals surface area contributed by atoms with Crippen LogP contribution in [0.3, 0.4) is 0 Å². The van der Waals surface area contributed by atoms with Gasteiger partial charge in [-0.25, -0.2) is 4.73 Å². The van der Waals surface area contributed by atoms with E-state index in [9.17, 15) is 15.3 Å². The molecule has 0 atom stereocenters. The average molecular weight is 253 g/mol. The average Bonchev–Trinajstić information content (AvgIpc) is 2.33. The number of pyridine rings is 1. The maximum Gasteiger partial charge on any atom is 0.284 e. The van der Waals surface area contributed by atoms with Crippen molar-refractivity contribution in [3.8, 4) is 0 Å². The molecule has 0 aliphatic rings. The second-order valence-electron chi connectivity index (χ2n) is 4.28. The van der Waals surface area contributed by atoms with Crippen LogP contribution in [0.4, 0.5) is 11.5 Å². The van der Waals surface area contributed by atoms with Gasteiger partial charge in [0.05, 0.1) is 17.5 Å². The highest BCUT2D eigenvalue weighted by molar-refractivity contribution is 5.41. The van der Waals surface area contributed by atoms with Crippen LogP contribution in [-0.2, 0) is 0 Å². The van der Waals surface area contributed by atoms with Gasteiger partial charge in [-0.15, -0.1) is 0 Å². The molecule has 0 amide bonds. The Hall–Kier alpha value is -1.85. The lowest BCUT2D eigenvalue weighted by molar-refractivity contribution is -0.598. The van der Waals surface area contributed by atoms with Gasteiger partial charge < -0.3 is 5.21 Å². The van der Waals surface area contributed by atoms with E-state index in [2.05, 4.69) is 12.2 Å². The maximum absolute atomic E-state index is 11.7. The van der Waals surface area contributed by atoms with E-state index in [4.69, 9.17) is 0 Å². The van der Waals surface area contributed by atoms with Crippen molar-refractivity contribution in [2.45, 2.75) is 39.5 Å². The van der Waals surface area contributed by atoms with Gasteiger partial charge >= 0.3 is 0 Å². The van der Waals surface area contributed by atoms with Gasteiger partial charge in [0.1, 0.15) is 11.8 Å². The molecule has 0 bridgehead atoms. The Morgan fingerprint density at radius 1 is 1.33 bits per heavy atom. The highest BCUT2D eigenvalue weighted by atomic mass is 16.6. The number of aryl methyl sites for hydroxylation is 1. The molecule has 6 nitrogen and oxygen atoms in total. The second-order valence-corrected chi connectivity index (χ2v) is 4.28. The zero-order valence-electron chi connectivity index (χ0n) is 10.8. The van der Waals surface area contributed by atoms with E-state index < -0.39 is 4.92 Å². The number of nitro groups is 1. The van der Waals surface area contributed by atoms with Crippen molar-refractivity contribution < 1.29 is 9.65 Å². The smallest absolute Gasteiger partial charge is 0.284 e. The van der Waals surface area contributed by atoms with E-state index >= 15 is 0 Å². The van der Waals surface area contributed by atoms with Crippen LogP contribution in [0.25, 0.3) is 0 Å². The lowest BCUT2D eigenvalue weighted by Crippen LogP contribution is -2.34. The Labute approximate surface area is 106 Å². The van der Waals surface area contributed by atoms with Crippen LogP contribution in [0.5, 0.6) is 0 Å². The summed E-state index contributed by atoms with van der Waals surface area (Å²) < 4.78 is 0.687. The van der Waals surface area contributed by atoms with Gasteiger partial charge in [0.25, 0.3) is 11.5 Å². The van der Waals surface area contributed by atoms with Gasteiger partial charge in [-0.1, -0.05) is 19.8 Å². The summed E-state index contributed by atoms with van der Waals surface area (Å²) >= 11 is 0. The Balaban J connectivity index is 2.66. The molecular weight excluding hydrogens is 234 g/mol. The van der Waals surface area contributed by atoms with E-state index in [1.165, 1.54) is 12.1 Å². The number of hydrogen-bond acceptors (Lipinski definition) is 4. The molecule has 1 aromatic heterocycles. The first-order valence-electron chi connectivity index (χ1n) is 6.18.